The average Bonchev–Trinajstić information content (AvgIpc) is 2.73. The summed E-state index contributed by atoms with van der Waals surface area (Å²) in [7, 11) is 0. The molecule has 0 atom stereocenters. The fraction of sp³-hybridized carbons (Fsp3) is 0.321. The maximum absolute atomic E-state index is 13.5. The van der Waals surface area contributed by atoms with Gasteiger partial charge in [0.25, 0.3) is 11.8 Å². The van der Waals surface area contributed by atoms with E-state index in [9.17, 15) is 9.59 Å². The molecule has 34 heavy (non-hydrogen) atoms. The quantitative estimate of drug-likeness (QED) is 0.365. The molecule has 1 N–H and O–H groups in total. The second-order valence-corrected chi connectivity index (χ2v) is 10.1. The standard InChI is InChI=1S/C28H31N3O2S/c1-8-30-24-12-18(4)20(13-22(24)19(5)15-28(30,6)7)14-23-25(32)29-27(34)31(26(23)33)21-10-9-16(2)17(3)11-21/h9-15H,8H2,1-7H3,(H,29,32,34)/b23-14+. The maximum Gasteiger partial charge on any atom is 0.270 e. The number of fused-ring (bicyclic) bond motifs is 1. The molecule has 4 rings (SSSR count). The molecule has 0 aromatic heterocycles. The van der Waals surface area contributed by atoms with Crippen molar-refractivity contribution in [1.29, 1.82) is 0 Å². The number of hydrogen-bond acceptors (Lipinski definition) is 4. The van der Waals surface area contributed by atoms with Gasteiger partial charge in [-0.15, -0.1) is 0 Å². The van der Waals surface area contributed by atoms with E-state index in [0.717, 1.165) is 34.4 Å². The highest BCUT2D eigenvalue weighted by Gasteiger charge is 2.35. The van der Waals surface area contributed by atoms with Gasteiger partial charge in [-0.3, -0.25) is 19.8 Å². The highest BCUT2D eigenvalue weighted by Crippen LogP contribution is 2.40. The van der Waals surface area contributed by atoms with Crippen molar-refractivity contribution in [2.24, 2.45) is 0 Å². The number of anilines is 2. The van der Waals surface area contributed by atoms with E-state index in [1.807, 2.05) is 39.0 Å². The van der Waals surface area contributed by atoms with Crippen molar-refractivity contribution in [3.63, 3.8) is 0 Å². The Balaban J connectivity index is 1.80. The van der Waals surface area contributed by atoms with Crippen molar-refractivity contribution in [2.75, 3.05) is 16.3 Å². The summed E-state index contributed by atoms with van der Waals surface area (Å²) in [6.45, 7) is 15.6. The van der Waals surface area contributed by atoms with E-state index in [1.54, 1.807) is 6.08 Å². The molecule has 6 heteroatoms. The van der Waals surface area contributed by atoms with Gasteiger partial charge in [0.2, 0.25) is 0 Å². The SMILES string of the molecule is CCN1c2cc(C)c(/C=C3\C(=O)NC(=S)N(c4ccc(C)c(C)c4)C3=O)cc2C(C)=CC1(C)C. The number of rotatable bonds is 3. The van der Waals surface area contributed by atoms with Crippen LogP contribution in [0.25, 0.3) is 11.6 Å². The van der Waals surface area contributed by atoms with Gasteiger partial charge in [-0.1, -0.05) is 12.1 Å². The molecule has 2 amide bonds. The van der Waals surface area contributed by atoms with Gasteiger partial charge >= 0.3 is 0 Å². The summed E-state index contributed by atoms with van der Waals surface area (Å²) in [4.78, 5) is 30.1. The van der Waals surface area contributed by atoms with Crippen LogP contribution in [-0.2, 0) is 9.59 Å². The van der Waals surface area contributed by atoms with Crippen LogP contribution in [0.1, 0.15) is 55.5 Å². The monoisotopic (exact) mass is 473 g/mol. The molecule has 0 radical (unpaired) electrons. The fourth-order valence-corrected chi connectivity index (χ4v) is 5.17. The first kappa shape index (κ1) is 23.9. The summed E-state index contributed by atoms with van der Waals surface area (Å²) in [5.74, 6) is -0.895. The number of amides is 2. The Morgan fingerprint density at radius 3 is 2.35 bits per heavy atom. The van der Waals surface area contributed by atoms with Crippen LogP contribution in [0.4, 0.5) is 11.4 Å². The number of hydrogen-bond donors (Lipinski definition) is 1. The van der Waals surface area contributed by atoms with Crippen molar-refractivity contribution in [2.45, 2.75) is 54.0 Å². The maximum atomic E-state index is 13.5. The van der Waals surface area contributed by atoms with Gasteiger partial charge in [0.05, 0.1) is 11.2 Å². The number of aryl methyl sites for hydroxylation is 3. The van der Waals surface area contributed by atoms with Gasteiger partial charge in [0, 0.05) is 17.8 Å². The summed E-state index contributed by atoms with van der Waals surface area (Å²) in [6.07, 6.45) is 3.95. The lowest BCUT2D eigenvalue weighted by atomic mass is 9.86. The van der Waals surface area contributed by atoms with Crippen LogP contribution >= 0.6 is 12.2 Å². The Bertz CT molecular complexity index is 1300. The predicted octanol–water partition coefficient (Wildman–Crippen LogP) is 5.46. The molecule has 0 spiro atoms. The van der Waals surface area contributed by atoms with E-state index in [-0.39, 0.29) is 16.2 Å². The minimum absolute atomic E-state index is 0.0694. The second kappa shape index (κ2) is 8.51. The van der Waals surface area contributed by atoms with E-state index in [1.165, 1.54) is 16.2 Å². The molecule has 2 heterocycles. The van der Waals surface area contributed by atoms with Gasteiger partial charge < -0.3 is 4.90 Å². The van der Waals surface area contributed by atoms with Gasteiger partial charge in [-0.25, -0.2) is 0 Å². The molecule has 0 saturated carbocycles. The van der Waals surface area contributed by atoms with Gasteiger partial charge in [-0.2, -0.15) is 0 Å². The normalized spacial score (nSPS) is 18.7. The highest BCUT2D eigenvalue weighted by atomic mass is 32.1. The molecule has 0 unspecified atom stereocenters. The van der Waals surface area contributed by atoms with E-state index >= 15 is 0 Å². The number of thiocarbonyl (C=S) groups is 1. The minimum Gasteiger partial charge on any atom is -0.363 e. The number of nitrogens with zero attached hydrogens (tertiary/aromatic N) is 2. The average molecular weight is 474 g/mol. The van der Waals surface area contributed by atoms with E-state index in [4.69, 9.17) is 12.2 Å². The first-order chi connectivity index (χ1) is 15.9. The third-order valence-corrected chi connectivity index (χ3v) is 7.12. The topological polar surface area (TPSA) is 52.7 Å². The van der Waals surface area contributed by atoms with Crippen LogP contribution in [0.5, 0.6) is 0 Å². The zero-order valence-corrected chi connectivity index (χ0v) is 21.7. The Kier molecular flexibility index (Phi) is 5.98. The van der Waals surface area contributed by atoms with E-state index in [2.05, 4.69) is 56.1 Å². The Morgan fingerprint density at radius 2 is 1.71 bits per heavy atom. The van der Waals surface area contributed by atoms with Crippen LogP contribution < -0.4 is 15.1 Å². The molecule has 0 aliphatic carbocycles. The van der Waals surface area contributed by atoms with Crippen molar-refractivity contribution in [1.82, 2.24) is 5.32 Å². The number of allylic oxidation sites excluding steroid dienone is 1. The number of nitrogens with one attached hydrogen (secondary N) is 1. The van der Waals surface area contributed by atoms with Crippen LogP contribution in [0, 0.1) is 20.8 Å². The molecule has 2 aromatic carbocycles. The lowest BCUT2D eigenvalue weighted by Gasteiger charge is -2.43. The molecule has 176 valence electrons. The second-order valence-electron chi connectivity index (χ2n) is 9.68. The lowest BCUT2D eigenvalue weighted by molar-refractivity contribution is -0.122. The van der Waals surface area contributed by atoms with Crippen molar-refractivity contribution < 1.29 is 9.59 Å². The first-order valence-electron chi connectivity index (χ1n) is 11.6. The molecule has 0 bridgehead atoms. The van der Waals surface area contributed by atoms with Crippen molar-refractivity contribution >= 4 is 52.2 Å². The van der Waals surface area contributed by atoms with Crippen molar-refractivity contribution in [3.8, 4) is 0 Å². The summed E-state index contributed by atoms with van der Waals surface area (Å²) in [6, 6.07) is 9.94. The van der Waals surface area contributed by atoms with E-state index < -0.39 is 11.8 Å². The number of carbonyl (C=O) groups is 2. The Morgan fingerprint density at radius 1 is 1.00 bits per heavy atom. The summed E-state index contributed by atoms with van der Waals surface area (Å²) in [5.41, 5.74) is 8.11. The first-order valence-corrected chi connectivity index (χ1v) is 12.0. The minimum atomic E-state index is -0.476. The molecule has 5 nitrogen and oxygen atoms in total. The van der Waals surface area contributed by atoms with E-state index in [0.29, 0.717) is 5.69 Å². The van der Waals surface area contributed by atoms with Gasteiger partial charge in [0.15, 0.2) is 5.11 Å². The molecular weight excluding hydrogens is 442 g/mol. The molecular formula is C28H31N3O2S. The third kappa shape index (κ3) is 3.96. The smallest absolute Gasteiger partial charge is 0.270 e. The van der Waals surface area contributed by atoms with Gasteiger partial charge in [0.1, 0.15) is 5.57 Å². The molecule has 2 aromatic rings. The summed E-state index contributed by atoms with van der Waals surface area (Å²) in [5, 5.41) is 2.78. The molecule has 1 saturated heterocycles. The predicted molar refractivity (Wildman–Crippen MR) is 144 cm³/mol. The highest BCUT2D eigenvalue weighted by molar-refractivity contribution is 7.80. The van der Waals surface area contributed by atoms with Crippen LogP contribution in [0.3, 0.4) is 0 Å². The Hall–Kier alpha value is -3.25. The summed E-state index contributed by atoms with van der Waals surface area (Å²) < 4.78 is 0. The number of benzene rings is 2. The van der Waals surface area contributed by atoms with Crippen LogP contribution in [-0.4, -0.2) is 29.0 Å². The fourth-order valence-electron chi connectivity index (χ4n) is 4.89. The zero-order chi connectivity index (χ0) is 24.9. The molecule has 2 aliphatic heterocycles. The third-order valence-electron chi connectivity index (χ3n) is 6.83. The van der Waals surface area contributed by atoms with Gasteiger partial charge in [-0.05, 0) is 119 Å². The number of likely N-dealkylation sites (N-methyl/N-ethyl adjacent to an activating group) is 1. The molecule has 1 fully saturated rings. The summed E-state index contributed by atoms with van der Waals surface area (Å²) >= 11 is 5.36. The van der Waals surface area contributed by atoms with Crippen LogP contribution in [0.15, 0.2) is 42.0 Å². The van der Waals surface area contributed by atoms with Crippen LogP contribution in [0.2, 0.25) is 0 Å². The Labute approximate surface area is 207 Å². The largest absolute Gasteiger partial charge is 0.363 e. The van der Waals surface area contributed by atoms with Crippen molar-refractivity contribution in [3.05, 3.63) is 69.8 Å². The zero-order valence-electron chi connectivity index (χ0n) is 20.9. The lowest BCUT2D eigenvalue weighted by Crippen LogP contribution is -2.54. The number of carbonyl (C=O) groups excluding carboxylic acids is 2. The molecule has 2 aliphatic rings.